The van der Waals surface area contributed by atoms with Crippen molar-refractivity contribution in [2.75, 3.05) is 13.1 Å². The Morgan fingerprint density at radius 1 is 1.35 bits per heavy atom. The molecule has 2 amide bonds. The highest BCUT2D eigenvalue weighted by atomic mass is 16.3. The molecule has 0 aromatic carbocycles. The fourth-order valence-electron chi connectivity index (χ4n) is 3.07. The first-order chi connectivity index (χ1) is 9.65. The van der Waals surface area contributed by atoms with Gasteiger partial charge in [-0.05, 0) is 38.3 Å². The van der Waals surface area contributed by atoms with Crippen molar-refractivity contribution >= 4 is 11.8 Å². The summed E-state index contributed by atoms with van der Waals surface area (Å²) in [6.07, 6.45) is 3.24. The molecule has 3 heterocycles. The van der Waals surface area contributed by atoms with Crippen molar-refractivity contribution in [2.24, 2.45) is 0 Å². The Kier molecular flexibility index (Phi) is 3.51. The second-order valence-electron chi connectivity index (χ2n) is 5.62. The maximum Gasteiger partial charge on any atom is 0.245 e. The first-order valence-electron chi connectivity index (χ1n) is 7.29. The fourth-order valence-corrected chi connectivity index (χ4v) is 3.07. The minimum Gasteiger partial charge on any atom is -0.464 e. The SMILES string of the molecule is Cc1ccc(CN2C(=O)CC[C@H]2C(=O)N2CCCC2)o1. The molecule has 0 N–H and O–H groups in total. The average Bonchev–Trinajstić information content (AvgIpc) is 3.13. The molecule has 1 aromatic rings. The average molecular weight is 276 g/mol. The third-order valence-electron chi connectivity index (χ3n) is 4.15. The van der Waals surface area contributed by atoms with Gasteiger partial charge in [0.15, 0.2) is 0 Å². The van der Waals surface area contributed by atoms with Crippen LogP contribution in [0.5, 0.6) is 0 Å². The van der Waals surface area contributed by atoms with Crippen LogP contribution in [0, 0.1) is 6.92 Å². The topological polar surface area (TPSA) is 53.8 Å². The van der Waals surface area contributed by atoms with Crippen LogP contribution in [0.3, 0.4) is 0 Å². The van der Waals surface area contributed by atoms with Gasteiger partial charge in [-0.1, -0.05) is 0 Å². The quantitative estimate of drug-likeness (QED) is 0.844. The molecule has 1 atom stereocenters. The van der Waals surface area contributed by atoms with Crippen molar-refractivity contribution < 1.29 is 14.0 Å². The number of rotatable bonds is 3. The van der Waals surface area contributed by atoms with Crippen LogP contribution >= 0.6 is 0 Å². The van der Waals surface area contributed by atoms with Gasteiger partial charge in [0.2, 0.25) is 11.8 Å². The van der Waals surface area contributed by atoms with Crippen LogP contribution < -0.4 is 0 Å². The third kappa shape index (κ3) is 2.44. The van der Waals surface area contributed by atoms with Gasteiger partial charge in [-0.15, -0.1) is 0 Å². The predicted molar refractivity (Wildman–Crippen MR) is 72.8 cm³/mol. The standard InChI is InChI=1S/C15H20N2O3/c1-11-4-5-12(20-11)10-17-13(6-7-14(17)18)15(19)16-8-2-3-9-16/h4-5,13H,2-3,6-10H2,1H3/t13-/m0/s1. The molecular weight excluding hydrogens is 256 g/mol. The van der Waals surface area contributed by atoms with Crippen LogP contribution in [0.2, 0.25) is 0 Å². The minimum absolute atomic E-state index is 0.0524. The van der Waals surface area contributed by atoms with E-state index in [9.17, 15) is 9.59 Å². The number of nitrogens with zero attached hydrogens (tertiary/aromatic N) is 2. The largest absolute Gasteiger partial charge is 0.464 e. The van der Waals surface area contributed by atoms with E-state index >= 15 is 0 Å². The van der Waals surface area contributed by atoms with E-state index in [1.54, 1.807) is 4.90 Å². The van der Waals surface area contributed by atoms with Crippen LogP contribution in [0.1, 0.15) is 37.2 Å². The number of hydrogen-bond donors (Lipinski definition) is 0. The normalized spacial score (nSPS) is 22.9. The Morgan fingerprint density at radius 2 is 2.10 bits per heavy atom. The number of hydrogen-bond acceptors (Lipinski definition) is 3. The Bertz CT molecular complexity index is 517. The summed E-state index contributed by atoms with van der Waals surface area (Å²) in [6, 6.07) is 3.46. The lowest BCUT2D eigenvalue weighted by atomic mass is 10.2. The molecule has 2 aliphatic rings. The molecule has 0 aliphatic carbocycles. The van der Waals surface area contributed by atoms with Crippen LogP contribution in [0.4, 0.5) is 0 Å². The van der Waals surface area contributed by atoms with Gasteiger partial charge >= 0.3 is 0 Å². The van der Waals surface area contributed by atoms with Crippen molar-refractivity contribution in [1.29, 1.82) is 0 Å². The Labute approximate surface area is 118 Å². The van der Waals surface area contributed by atoms with Crippen molar-refractivity contribution in [3.8, 4) is 0 Å². The molecule has 2 fully saturated rings. The van der Waals surface area contributed by atoms with Crippen molar-refractivity contribution in [3.63, 3.8) is 0 Å². The highest BCUT2D eigenvalue weighted by molar-refractivity contribution is 5.91. The van der Waals surface area contributed by atoms with Crippen molar-refractivity contribution in [2.45, 2.75) is 45.2 Å². The smallest absolute Gasteiger partial charge is 0.245 e. The van der Waals surface area contributed by atoms with E-state index in [1.165, 1.54) is 0 Å². The lowest BCUT2D eigenvalue weighted by Gasteiger charge is -2.27. The van der Waals surface area contributed by atoms with Gasteiger partial charge in [-0.25, -0.2) is 0 Å². The number of likely N-dealkylation sites (tertiary alicyclic amines) is 2. The lowest BCUT2D eigenvalue weighted by molar-refractivity contribution is -0.141. The Morgan fingerprint density at radius 3 is 2.75 bits per heavy atom. The first-order valence-corrected chi connectivity index (χ1v) is 7.29. The van der Waals surface area contributed by atoms with Gasteiger partial charge in [0.05, 0.1) is 6.54 Å². The van der Waals surface area contributed by atoms with Gasteiger partial charge in [0.25, 0.3) is 0 Å². The Balaban J connectivity index is 1.72. The molecule has 2 saturated heterocycles. The molecule has 3 rings (SSSR count). The zero-order valence-corrected chi connectivity index (χ0v) is 11.8. The van der Waals surface area contributed by atoms with E-state index in [4.69, 9.17) is 4.42 Å². The predicted octanol–water partition coefficient (Wildman–Crippen LogP) is 1.70. The van der Waals surface area contributed by atoms with E-state index in [-0.39, 0.29) is 17.9 Å². The summed E-state index contributed by atoms with van der Waals surface area (Å²) in [5.41, 5.74) is 0. The molecule has 1 aromatic heterocycles. The van der Waals surface area contributed by atoms with Crippen LogP contribution in [0.15, 0.2) is 16.5 Å². The minimum atomic E-state index is -0.300. The number of carbonyl (C=O) groups is 2. The van der Waals surface area contributed by atoms with E-state index in [0.29, 0.717) is 19.4 Å². The zero-order valence-electron chi connectivity index (χ0n) is 11.8. The molecule has 108 valence electrons. The summed E-state index contributed by atoms with van der Waals surface area (Å²) >= 11 is 0. The van der Waals surface area contributed by atoms with Crippen molar-refractivity contribution in [1.82, 2.24) is 9.80 Å². The van der Waals surface area contributed by atoms with Gasteiger partial charge in [0, 0.05) is 19.5 Å². The van der Waals surface area contributed by atoms with Crippen LogP contribution in [-0.2, 0) is 16.1 Å². The van der Waals surface area contributed by atoms with E-state index in [0.717, 1.165) is 37.5 Å². The van der Waals surface area contributed by atoms with Gasteiger partial charge in [-0.3, -0.25) is 9.59 Å². The lowest BCUT2D eigenvalue weighted by Crippen LogP contribution is -2.45. The molecule has 0 saturated carbocycles. The summed E-state index contributed by atoms with van der Waals surface area (Å²) in [6.45, 7) is 3.94. The zero-order chi connectivity index (χ0) is 14.1. The summed E-state index contributed by atoms with van der Waals surface area (Å²) in [7, 11) is 0. The highest BCUT2D eigenvalue weighted by Crippen LogP contribution is 2.25. The maximum atomic E-state index is 12.5. The monoisotopic (exact) mass is 276 g/mol. The molecule has 0 spiro atoms. The van der Waals surface area contributed by atoms with E-state index in [1.807, 2.05) is 24.0 Å². The summed E-state index contributed by atoms with van der Waals surface area (Å²) in [4.78, 5) is 28.1. The third-order valence-corrected chi connectivity index (χ3v) is 4.15. The summed E-state index contributed by atoms with van der Waals surface area (Å²) in [5, 5.41) is 0. The van der Waals surface area contributed by atoms with E-state index in [2.05, 4.69) is 0 Å². The second-order valence-corrected chi connectivity index (χ2v) is 5.62. The fraction of sp³-hybridized carbons (Fsp3) is 0.600. The summed E-state index contributed by atoms with van der Waals surface area (Å²) in [5.74, 6) is 1.74. The summed E-state index contributed by atoms with van der Waals surface area (Å²) < 4.78 is 5.53. The first kappa shape index (κ1) is 13.2. The molecule has 0 unspecified atom stereocenters. The molecule has 5 heteroatoms. The van der Waals surface area contributed by atoms with Gasteiger partial charge in [-0.2, -0.15) is 0 Å². The molecule has 0 radical (unpaired) electrons. The molecule has 20 heavy (non-hydrogen) atoms. The highest BCUT2D eigenvalue weighted by Gasteiger charge is 2.39. The van der Waals surface area contributed by atoms with Crippen molar-refractivity contribution in [3.05, 3.63) is 23.7 Å². The van der Waals surface area contributed by atoms with Crippen LogP contribution in [-0.4, -0.2) is 40.7 Å². The van der Waals surface area contributed by atoms with Gasteiger partial charge < -0.3 is 14.2 Å². The van der Waals surface area contributed by atoms with Gasteiger partial charge in [0.1, 0.15) is 17.6 Å². The number of carbonyl (C=O) groups excluding carboxylic acids is 2. The van der Waals surface area contributed by atoms with E-state index < -0.39 is 0 Å². The number of aryl methyl sites for hydroxylation is 1. The second kappa shape index (κ2) is 5.31. The maximum absolute atomic E-state index is 12.5. The molecular formula is C15H20N2O3. The molecule has 5 nitrogen and oxygen atoms in total. The number of furan rings is 1. The Hall–Kier alpha value is -1.78. The number of amides is 2. The molecule has 0 bridgehead atoms. The van der Waals surface area contributed by atoms with Crippen LogP contribution in [0.25, 0.3) is 0 Å². The molecule has 2 aliphatic heterocycles.